The minimum Gasteiger partial charge on any atom is -0.459 e. The van der Waals surface area contributed by atoms with E-state index in [4.69, 9.17) is 4.74 Å². The molecule has 0 unspecified atom stereocenters. The van der Waals surface area contributed by atoms with Crippen molar-refractivity contribution in [2.24, 2.45) is 0 Å². The summed E-state index contributed by atoms with van der Waals surface area (Å²) in [5.41, 5.74) is -0.132. The van der Waals surface area contributed by atoms with Crippen molar-refractivity contribution >= 4 is 16.0 Å². The molecule has 1 aromatic carbocycles. The number of benzene rings is 1. The highest BCUT2D eigenvalue weighted by atomic mass is 32.2. The molecule has 1 aromatic rings. The van der Waals surface area contributed by atoms with Crippen molar-refractivity contribution in [3.05, 3.63) is 29.6 Å². The van der Waals surface area contributed by atoms with E-state index in [1.807, 2.05) is 0 Å². The van der Waals surface area contributed by atoms with Crippen LogP contribution >= 0.6 is 0 Å². The molecule has 1 N–H and O–H groups in total. The summed E-state index contributed by atoms with van der Waals surface area (Å²) in [5.74, 6) is -1.59. The molecule has 0 aliphatic rings. The number of carbonyl (C=O) groups is 1. The van der Waals surface area contributed by atoms with E-state index in [9.17, 15) is 17.6 Å². The lowest BCUT2D eigenvalue weighted by Crippen LogP contribution is -2.42. The summed E-state index contributed by atoms with van der Waals surface area (Å²) < 4.78 is 45.1. The number of halogens is 1. The molecule has 118 valence electrons. The van der Waals surface area contributed by atoms with Crippen LogP contribution in [0.3, 0.4) is 0 Å². The van der Waals surface area contributed by atoms with Crippen molar-refractivity contribution in [3.8, 4) is 0 Å². The number of hydrogen-bond donors (Lipinski definition) is 1. The normalized spacial score (nSPS) is 13.8. The second kappa shape index (κ2) is 6.11. The SMILES string of the molecule is Cc1ccc(F)c(S(=O)(=O)N[C@@H](C)C(=O)OC(C)(C)C)c1. The van der Waals surface area contributed by atoms with Crippen molar-refractivity contribution in [1.82, 2.24) is 4.72 Å². The van der Waals surface area contributed by atoms with E-state index in [0.717, 1.165) is 6.07 Å². The minimum absolute atomic E-state index is 0.488. The summed E-state index contributed by atoms with van der Waals surface area (Å²) in [6.07, 6.45) is 0. The van der Waals surface area contributed by atoms with Crippen LogP contribution in [0.2, 0.25) is 0 Å². The van der Waals surface area contributed by atoms with Crippen molar-refractivity contribution < 1.29 is 22.3 Å². The van der Waals surface area contributed by atoms with Gasteiger partial charge in [-0.3, -0.25) is 4.79 Å². The Balaban J connectivity index is 2.95. The lowest BCUT2D eigenvalue weighted by atomic mass is 10.2. The molecule has 1 atom stereocenters. The van der Waals surface area contributed by atoms with E-state index in [-0.39, 0.29) is 0 Å². The molecule has 0 aliphatic carbocycles. The lowest BCUT2D eigenvalue weighted by Gasteiger charge is -2.22. The second-order valence-electron chi connectivity index (χ2n) is 5.81. The zero-order valence-corrected chi connectivity index (χ0v) is 13.5. The topological polar surface area (TPSA) is 72.5 Å². The van der Waals surface area contributed by atoms with Gasteiger partial charge in [-0.15, -0.1) is 0 Å². The molecule has 0 amide bonds. The number of carbonyl (C=O) groups excluding carboxylic acids is 1. The van der Waals surface area contributed by atoms with E-state index in [1.165, 1.54) is 19.1 Å². The highest BCUT2D eigenvalue weighted by Gasteiger charge is 2.28. The van der Waals surface area contributed by atoms with E-state index in [0.29, 0.717) is 5.56 Å². The smallest absolute Gasteiger partial charge is 0.324 e. The highest BCUT2D eigenvalue weighted by molar-refractivity contribution is 7.89. The Morgan fingerprint density at radius 2 is 1.90 bits per heavy atom. The average molecular weight is 317 g/mol. The fourth-order valence-corrected chi connectivity index (χ4v) is 2.91. The largest absolute Gasteiger partial charge is 0.459 e. The summed E-state index contributed by atoms with van der Waals surface area (Å²) in [5, 5.41) is 0. The van der Waals surface area contributed by atoms with Crippen LogP contribution in [0.1, 0.15) is 33.3 Å². The van der Waals surface area contributed by atoms with Gasteiger partial charge in [0.1, 0.15) is 22.4 Å². The van der Waals surface area contributed by atoms with Crippen LogP contribution in [0.4, 0.5) is 4.39 Å². The van der Waals surface area contributed by atoms with Gasteiger partial charge in [-0.25, -0.2) is 12.8 Å². The molecule has 0 saturated carbocycles. The number of ether oxygens (including phenoxy) is 1. The van der Waals surface area contributed by atoms with Crippen LogP contribution in [0.25, 0.3) is 0 Å². The molecule has 0 fully saturated rings. The monoisotopic (exact) mass is 317 g/mol. The van der Waals surface area contributed by atoms with Gasteiger partial charge in [0.15, 0.2) is 0 Å². The van der Waals surface area contributed by atoms with Crippen molar-refractivity contribution in [3.63, 3.8) is 0 Å². The van der Waals surface area contributed by atoms with Gasteiger partial charge in [-0.2, -0.15) is 4.72 Å². The molecule has 0 aromatic heterocycles. The number of nitrogens with one attached hydrogen (secondary N) is 1. The third kappa shape index (κ3) is 5.09. The summed E-state index contributed by atoms with van der Waals surface area (Å²) in [6.45, 7) is 8.01. The van der Waals surface area contributed by atoms with Crippen LogP contribution in [0, 0.1) is 12.7 Å². The van der Waals surface area contributed by atoms with Crippen LogP contribution in [-0.4, -0.2) is 26.0 Å². The van der Waals surface area contributed by atoms with Crippen molar-refractivity contribution in [2.75, 3.05) is 0 Å². The zero-order valence-electron chi connectivity index (χ0n) is 12.7. The number of rotatable bonds is 4. The highest BCUT2D eigenvalue weighted by Crippen LogP contribution is 2.17. The molecular formula is C14H20FNO4S. The van der Waals surface area contributed by atoms with Gasteiger partial charge >= 0.3 is 5.97 Å². The van der Waals surface area contributed by atoms with E-state index in [2.05, 4.69) is 4.72 Å². The van der Waals surface area contributed by atoms with E-state index in [1.54, 1.807) is 27.7 Å². The van der Waals surface area contributed by atoms with Gasteiger partial charge < -0.3 is 4.74 Å². The Morgan fingerprint density at radius 3 is 2.43 bits per heavy atom. The fourth-order valence-electron chi connectivity index (χ4n) is 1.55. The third-order valence-corrected chi connectivity index (χ3v) is 4.02. The van der Waals surface area contributed by atoms with Gasteiger partial charge in [0, 0.05) is 0 Å². The van der Waals surface area contributed by atoms with E-state index < -0.39 is 38.3 Å². The van der Waals surface area contributed by atoms with Gasteiger partial charge in [-0.05, 0) is 52.3 Å². The minimum atomic E-state index is -4.14. The maximum atomic E-state index is 13.7. The number of esters is 1. The predicted octanol–water partition coefficient (Wildman–Crippen LogP) is 2.14. The molecule has 0 saturated heterocycles. The van der Waals surface area contributed by atoms with Crippen LogP contribution in [0.5, 0.6) is 0 Å². The number of aryl methyl sites for hydroxylation is 1. The maximum absolute atomic E-state index is 13.7. The van der Waals surface area contributed by atoms with Crippen LogP contribution < -0.4 is 4.72 Å². The average Bonchev–Trinajstić information content (AvgIpc) is 2.29. The summed E-state index contributed by atoms with van der Waals surface area (Å²) >= 11 is 0. The van der Waals surface area contributed by atoms with Gasteiger partial charge in [0.05, 0.1) is 0 Å². The first-order chi connectivity index (χ1) is 9.42. The van der Waals surface area contributed by atoms with E-state index >= 15 is 0 Å². The first kappa shape index (κ1) is 17.6. The first-order valence-electron chi connectivity index (χ1n) is 6.44. The number of hydrogen-bond acceptors (Lipinski definition) is 4. The van der Waals surface area contributed by atoms with Gasteiger partial charge in [0.25, 0.3) is 0 Å². The van der Waals surface area contributed by atoms with Gasteiger partial charge in [0.2, 0.25) is 10.0 Å². The third-order valence-electron chi connectivity index (χ3n) is 2.47. The zero-order chi connectivity index (χ0) is 16.4. The Labute approximate surface area is 124 Å². The van der Waals surface area contributed by atoms with Gasteiger partial charge in [-0.1, -0.05) is 6.07 Å². The summed E-state index contributed by atoms with van der Waals surface area (Å²) in [7, 11) is -4.14. The lowest BCUT2D eigenvalue weighted by molar-refractivity contribution is -0.156. The molecule has 0 spiro atoms. The summed E-state index contributed by atoms with van der Waals surface area (Å²) in [6, 6.07) is 2.63. The molecule has 21 heavy (non-hydrogen) atoms. The molecule has 1 rings (SSSR count). The second-order valence-corrected chi connectivity index (χ2v) is 7.49. The fraction of sp³-hybridized carbons (Fsp3) is 0.500. The number of sulfonamides is 1. The van der Waals surface area contributed by atoms with Crippen LogP contribution in [-0.2, 0) is 19.6 Å². The summed E-state index contributed by atoms with van der Waals surface area (Å²) in [4.78, 5) is 11.3. The quantitative estimate of drug-likeness (QED) is 0.864. The Morgan fingerprint density at radius 1 is 1.33 bits per heavy atom. The standard InChI is InChI=1S/C14H20FNO4S/c1-9-6-7-11(15)12(8-9)21(18,19)16-10(2)13(17)20-14(3,4)5/h6-8,10,16H,1-5H3/t10-/m0/s1. The van der Waals surface area contributed by atoms with Crippen molar-refractivity contribution in [1.29, 1.82) is 0 Å². The van der Waals surface area contributed by atoms with Crippen molar-refractivity contribution in [2.45, 2.75) is 51.2 Å². The first-order valence-corrected chi connectivity index (χ1v) is 7.92. The molecule has 0 heterocycles. The van der Waals surface area contributed by atoms with Crippen LogP contribution in [0.15, 0.2) is 23.1 Å². The molecule has 0 bridgehead atoms. The molecule has 0 aliphatic heterocycles. The Hall–Kier alpha value is -1.47. The molecular weight excluding hydrogens is 297 g/mol. The Kier molecular flexibility index (Phi) is 5.11. The predicted molar refractivity (Wildman–Crippen MR) is 76.8 cm³/mol. The molecule has 7 heteroatoms. The molecule has 0 radical (unpaired) electrons. The Bertz CT molecular complexity index is 635. The molecule has 5 nitrogen and oxygen atoms in total. The maximum Gasteiger partial charge on any atom is 0.324 e.